The first-order chi connectivity index (χ1) is 20.3. The van der Waals surface area contributed by atoms with Gasteiger partial charge in [0.15, 0.2) is 5.69 Å². The molecule has 5 rings (SSSR count). The van der Waals surface area contributed by atoms with Crippen LogP contribution in [0.25, 0.3) is 5.69 Å². The Morgan fingerprint density at radius 2 is 1.67 bits per heavy atom. The maximum absolute atomic E-state index is 13.6. The van der Waals surface area contributed by atoms with Crippen molar-refractivity contribution < 1.29 is 35.9 Å². The molecule has 1 aliphatic rings. The van der Waals surface area contributed by atoms with Crippen LogP contribution < -0.4 is 15.8 Å². The van der Waals surface area contributed by atoms with Gasteiger partial charge in [0, 0.05) is 24.3 Å². The lowest BCUT2D eigenvalue weighted by Gasteiger charge is -2.29. The molecule has 0 saturated heterocycles. The first-order valence-corrected chi connectivity index (χ1v) is 13.3. The van der Waals surface area contributed by atoms with Crippen molar-refractivity contribution in [3.05, 3.63) is 107 Å². The first-order valence-electron chi connectivity index (χ1n) is 13.3. The van der Waals surface area contributed by atoms with E-state index in [0.29, 0.717) is 22.8 Å². The van der Waals surface area contributed by atoms with Crippen molar-refractivity contribution in [2.24, 2.45) is 5.73 Å². The smallest absolute Gasteiger partial charge is 0.406 e. The van der Waals surface area contributed by atoms with Crippen molar-refractivity contribution in [1.29, 1.82) is 0 Å². The zero-order valence-electron chi connectivity index (χ0n) is 22.8. The van der Waals surface area contributed by atoms with Crippen LogP contribution in [0, 0.1) is 0 Å². The van der Waals surface area contributed by atoms with Gasteiger partial charge in [0.2, 0.25) is 0 Å². The zero-order valence-corrected chi connectivity index (χ0v) is 22.8. The van der Waals surface area contributed by atoms with E-state index in [1.54, 1.807) is 48.5 Å². The van der Waals surface area contributed by atoms with Crippen molar-refractivity contribution >= 4 is 11.6 Å². The number of halogens is 6. The van der Waals surface area contributed by atoms with Gasteiger partial charge in [0.25, 0.3) is 5.91 Å². The number of alkyl halides is 6. The molecule has 3 N–H and O–H groups in total. The summed E-state index contributed by atoms with van der Waals surface area (Å²) in [6.45, 7) is 0.136. The second-order valence-corrected chi connectivity index (χ2v) is 10.2. The maximum Gasteiger partial charge on any atom is 0.573 e. The second-order valence-electron chi connectivity index (χ2n) is 10.2. The number of amides is 1. The van der Waals surface area contributed by atoms with Gasteiger partial charge >= 0.3 is 12.5 Å². The third kappa shape index (κ3) is 7.17. The van der Waals surface area contributed by atoms with Crippen LogP contribution in [0.5, 0.6) is 5.75 Å². The topological polar surface area (TPSA) is 85.4 Å². The summed E-state index contributed by atoms with van der Waals surface area (Å²) in [7, 11) is 1.86. The van der Waals surface area contributed by atoms with E-state index in [0.717, 1.165) is 17.5 Å². The van der Waals surface area contributed by atoms with Crippen molar-refractivity contribution in [2.45, 2.75) is 44.0 Å². The highest BCUT2D eigenvalue weighted by molar-refractivity contribution is 6.03. The number of hydrogen-bond donors (Lipinski definition) is 2. The number of ether oxygens (including phenoxy) is 1. The van der Waals surface area contributed by atoms with Gasteiger partial charge < -0.3 is 15.8 Å². The summed E-state index contributed by atoms with van der Waals surface area (Å²) in [5, 5.41) is 6.30. The van der Waals surface area contributed by atoms with Gasteiger partial charge in [-0.3, -0.25) is 9.69 Å². The first kappa shape index (κ1) is 30.1. The van der Waals surface area contributed by atoms with Crippen molar-refractivity contribution in [3.63, 3.8) is 0 Å². The molecular weight excluding hydrogens is 576 g/mol. The third-order valence-corrected chi connectivity index (χ3v) is 7.02. The molecule has 13 heteroatoms. The van der Waals surface area contributed by atoms with Crippen molar-refractivity contribution in [3.8, 4) is 11.4 Å². The van der Waals surface area contributed by atoms with Crippen LogP contribution in [0.4, 0.5) is 32.0 Å². The highest BCUT2D eigenvalue weighted by Crippen LogP contribution is 2.39. The largest absolute Gasteiger partial charge is 0.573 e. The highest BCUT2D eigenvalue weighted by atomic mass is 19.4. The second kappa shape index (κ2) is 11.7. The normalized spacial score (nSPS) is 14.5. The van der Waals surface area contributed by atoms with Crippen LogP contribution in [0.1, 0.15) is 51.8 Å². The summed E-state index contributed by atoms with van der Waals surface area (Å²) >= 11 is 0. The molecule has 0 spiro atoms. The molecule has 1 aliphatic carbocycles. The van der Waals surface area contributed by atoms with E-state index in [2.05, 4.69) is 15.2 Å². The summed E-state index contributed by atoms with van der Waals surface area (Å²) in [5.74, 6) is -1.21. The van der Waals surface area contributed by atoms with Crippen LogP contribution in [0.2, 0.25) is 0 Å². The Labute approximate surface area is 242 Å². The van der Waals surface area contributed by atoms with E-state index in [9.17, 15) is 31.1 Å². The number of carbonyl (C=O) groups excluding carboxylic acids is 1. The third-order valence-electron chi connectivity index (χ3n) is 7.02. The molecule has 1 heterocycles. The number of rotatable bonds is 9. The van der Waals surface area contributed by atoms with E-state index in [1.807, 2.05) is 11.9 Å². The predicted octanol–water partition coefficient (Wildman–Crippen LogP) is 6.68. The SMILES string of the molecule is CN(C1CC1)C(c1cccc(NC(=O)c2cc(C(F)(F)F)nn2-c2cccc(CN)c2)c1)c1cccc(OC(F)(F)F)c1. The fourth-order valence-corrected chi connectivity index (χ4v) is 4.91. The lowest BCUT2D eigenvalue weighted by molar-refractivity contribution is -0.274. The highest BCUT2D eigenvalue weighted by Gasteiger charge is 2.37. The molecule has 43 heavy (non-hydrogen) atoms. The lowest BCUT2D eigenvalue weighted by Crippen LogP contribution is -2.28. The predicted molar refractivity (Wildman–Crippen MR) is 147 cm³/mol. The fraction of sp³-hybridized carbons (Fsp3) is 0.267. The van der Waals surface area contributed by atoms with Gasteiger partial charge in [-0.15, -0.1) is 13.2 Å². The minimum Gasteiger partial charge on any atom is -0.406 e. The van der Waals surface area contributed by atoms with E-state index < -0.39 is 30.2 Å². The van der Waals surface area contributed by atoms with Gasteiger partial charge in [-0.1, -0.05) is 36.4 Å². The molecule has 226 valence electrons. The molecule has 4 aromatic rings. The number of carbonyl (C=O) groups is 1. The van der Waals surface area contributed by atoms with Gasteiger partial charge in [0.05, 0.1) is 11.7 Å². The number of nitrogens with zero attached hydrogens (tertiary/aromatic N) is 3. The molecule has 1 aromatic heterocycles. The summed E-state index contributed by atoms with van der Waals surface area (Å²) in [6, 6.07) is 19.0. The molecule has 7 nitrogen and oxygen atoms in total. The number of hydrogen-bond acceptors (Lipinski definition) is 5. The number of benzene rings is 3. The van der Waals surface area contributed by atoms with E-state index >= 15 is 0 Å². The monoisotopic (exact) mass is 603 g/mol. The summed E-state index contributed by atoms with van der Waals surface area (Å²) in [6.07, 6.45) is -7.82. The average Bonchev–Trinajstić information content (AvgIpc) is 3.69. The van der Waals surface area contributed by atoms with Crippen molar-refractivity contribution in [2.75, 3.05) is 12.4 Å². The molecule has 0 aliphatic heterocycles. The maximum atomic E-state index is 13.6. The van der Waals surface area contributed by atoms with Gasteiger partial charge in [-0.2, -0.15) is 18.3 Å². The number of nitrogens with two attached hydrogens (primary N) is 1. The minimum absolute atomic E-state index is 0.136. The molecule has 1 atom stereocenters. The molecule has 1 amide bonds. The van der Waals surface area contributed by atoms with Gasteiger partial charge in [-0.05, 0) is 73.0 Å². The Kier molecular flexibility index (Phi) is 8.21. The van der Waals surface area contributed by atoms with E-state index in [-0.39, 0.29) is 35.4 Å². The van der Waals surface area contributed by atoms with Crippen LogP contribution in [0.15, 0.2) is 78.9 Å². The van der Waals surface area contributed by atoms with Crippen molar-refractivity contribution in [1.82, 2.24) is 14.7 Å². The Morgan fingerprint density at radius 3 is 2.33 bits per heavy atom. The van der Waals surface area contributed by atoms with Gasteiger partial charge in [0.1, 0.15) is 11.4 Å². The van der Waals surface area contributed by atoms with E-state index in [4.69, 9.17) is 5.73 Å². The summed E-state index contributed by atoms with van der Waals surface area (Å²) < 4.78 is 84.5. The minimum atomic E-state index is -4.86. The van der Waals surface area contributed by atoms with Crippen LogP contribution in [-0.2, 0) is 12.7 Å². The van der Waals surface area contributed by atoms with Crippen LogP contribution in [0.3, 0.4) is 0 Å². The zero-order chi connectivity index (χ0) is 30.9. The molecule has 0 bridgehead atoms. The number of aromatic nitrogens is 2. The number of nitrogens with one attached hydrogen (secondary N) is 1. The van der Waals surface area contributed by atoms with E-state index in [1.165, 1.54) is 24.3 Å². The average molecular weight is 604 g/mol. The molecule has 3 aromatic carbocycles. The molecular formula is C30H27F6N5O2. The van der Waals surface area contributed by atoms with Crippen LogP contribution >= 0.6 is 0 Å². The standard InChI is InChI=1S/C30H27F6N5O2/c1-40(22-11-12-22)27(20-7-4-10-24(15-20)43-30(34,35)36)19-6-3-8-21(14-19)38-28(42)25-16-26(29(31,32)33)39-41(25)23-9-2-5-18(13-23)17-37/h2-10,13-16,22,27H,11-12,17,37H2,1H3,(H,38,42). The Hall–Kier alpha value is -4.36. The molecule has 1 unspecified atom stereocenters. The molecule has 0 radical (unpaired) electrons. The van der Waals surface area contributed by atoms with Crippen LogP contribution in [-0.4, -0.2) is 40.0 Å². The fourth-order valence-electron chi connectivity index (χ4n) is 4.91. The molecule has 1 fully saturated rings. The lowest BCUT2D eigenvalue weighted by atomic mass is 9.96. The Balaban J connectivity index is 1.48. The Bertz CT molecular complexity index is 1610. The quantitative estimate of drug-likeness (QED) is 0.209. The van der Waals surface area contributed by atoms with Gasteiger partial charge in [-0.25, -0.2) is 4.68 Å². The summed E-state index contributed by atoms with van der Waals surface area (Å²) in [4.78, 5) is 15.4. The summed E-state index contributed by atoms with van der Waals surface area (Å²) in [5.41, 5.74) is 6.41. The molecule has 1 saturated carbocycles. The number of anilines is 1. The Morgan fingerprint density at radius 1 is 1.00 bits per heavy atom.